The van der Waals surface area contributed by atoms with Gasteiger partial charge in [-0.25, -0.2) is 13.8 Å². The number of nitrogens with one attached hydrogen (secondary N) is 1. The molecule has 2 aromatic carbocycles. The summed E-state index contributed by atoms with van der Waals surface area (Å²) in [4.78, 5) is 41.5. The summed E-state index contributed by atoms with van der Waals surface area (Å²) in [5.41, 5.74) is 6.50. The molecule has 1 unspecified atom stereocenters. The van der Waals surface area contributed by atoms with Crippen molar-refractivity contribution < 1.29 is 32.6 Å². The highest BCUT2D eigenvalue weighted by Gasteiger charge is 2.28. The van der Waals surface area contributed by atoms with Gasteiger partial charge in [-0.1, -0.05) is 30.4 Å². The van der Waals surface area contributed by atoms with Crippen LogP contribution in [-0.2, 0) is 20.8 Å². The fourth-order valence-corrected chi connectivity index (χ4v) is 4.16. The molecule has 1 atom stereocenters. The van der Waals surface area contributed by atoms with Gasteiger partial charge in [-0.2, -0.15) is 0 Å². The maximum atomic E-state index is 15.0. The van der Waals surface area contributed by atoms with E-state index in [1.54, 1.807) is 6.08 Å². The second kappa shape index (κ2) is 10.3. The second-order valence-electron chi connectivity index (χ2n) is 8.65. The van der Waals surface area contributed by atoms with Crippen LogP contribution in [0.3, 0.4) is 0 Å². The molecule has 0 fully saturated rings. The molecule has 2 heterocycles. The fraction of sp³-hybridized carbons (Fsp3) is 0.143. The predicted molar refractivity (Wildman–Crippen MR) is 134 cm³/mol. The molecular weight excluding hydrogens is 496 g/mol. The van der Waals surface area contributed by atoms with E-state index in [1.165, 1.54) is 54.7 Å². The van der Waals surface area contributed by atoms with Gasteiger partial charge in [-0.3, -0.25) is 14.4 Å². The SMILES string of the molecule is NC(=O)C1CNc2nccc(Oc3ccc(CC(=O)C4=CCC=C(c5ccc(F)cc5)C4=O)cc3F)c2O1. The number of nitrogens with zero attached hydrogens (tertiary/aromatic N) is 1. The number of allylic oxidation sites excluding steroid dienone is 4. The molecule has 38 heavy (non-hydrogen) atoms. The molecule has 0 saturated carbocycles. The average molecular weight is 517 g/mol. The van der Waals surface area contributed by atoms with Gasteiger partial charge in [0.05, 0.1) is 12.1 Å². The van der Waals surface area contributed by atoms with Crippen molar-refractivity contribution in [3.8, 4) is 17.2 Å². The van der Waals surface area contributed by atoms with E-state index in [-0.39, 0.29) is 35.8 Å². The molecule has 1 aromatic heterocycles. The zero-order chi connectivity index (χ0) is 26.8. The Labute approximate surface area is 215 Å². The van der Waals surface area contributed by atoms with E-state index in [0.717, 1.165) is 6.07 Å². The third-order valence-corrected chi connectivity index (χ3v) is 6.07. The minimum Gasteiger partial charge on any atom is -0.471 e. The number of ether oxygens (including phenoxy) is 2. The lowest BCUT2D eigenvalue weighted by Gasteiger charge is -2.25. The Morgan fingerprint density at radius 3 is 2.61 bits per heavy atom. The lowest BCUT2D eigenvalue weighted by molar-refractivity contribution is -0.124. The van der Waals surface area contributed by atoms with Crippen LogP contribution in [0.15, 0.2) is 72.5 Å². The molecule has 10 heteroatoms. The molecule has 0 spiro atoms. The Hall–Kier alpha value is -4.86. The van der Waals surface area contributed by atoms with E-state index < -0.39 is 35.2 Å². The maximum absolute atomic E-state index is 15.0. The van der Waals surface area contributed by atoms with Crippen LogP contribution in [0, 0.1) is 11.6 Å². The van der Waals surface area contributed by atoms with Gasteiger partial charge in [-0.15, -0.1) is 0 Å². The highest BCUT2D eigenvalue weighted by atomic mass is 19.1. The van der Waals surface area contributed by atoms with Gasteiger partial charge in [-0.05, 0) is 41.8 Å². The lowest BCUT2D eigenvalue weighted by atomic mass is 9.88. The van der Waals surface area contributed by atoms with Crippen LogP contribution >= 0.6 is 0 Å². The number of ketones is 2. The first-order valence-corrected chi connectivity index (χ1v) is 11.7. The molecule has 0 radical (unpaired) electrons. The summed E-state index contributed by atoms with van der Waals surface area (Å²) < 4.78 is 39.5. The summed E-state index contributed by atoms with van der Waals surface area (Å²) in [6.07, 6.45) is 3.87. The number of anilines is 1. The van der Waals surface area contributed by atoms with E-state index >= 15 is 0 Å². The number of carbonyl (C=O) groups excluding carboxylic acids is 3. The molecule has 5 rings (SSSR count). The molecular formula is C28H21F2N3O5. The minimum absolute atomic E-state index is 0.00428. The summed E-state index contributed by atoms with van der Waals surface area (Å²) in [5.74, 6) is -2.35. The molecule has 0 bridgehead atoms. The molecule has 1 aliphatic heterocycles. The third-order valence-electron chi connectivity index (χ3n) is 6.07. The number of primary amides is 1. The molecule has 1 aliphatic carbocycles. The van der Waals surface area contributed by atoms with Crippen LogP contribution in [0.4, 0.5) is 14.6 Å². The van der Waals surface area contributed by atoms with Gasteiger partial charge in [0.25, 0.3) is 5.91 Å². The van der Waals surface area contributed by atoms with Crippen molar-refractivity contribution in [1.82, 2.24) is 4.98 Å². The van der Waals surface area contributed by atoms with Gasteiger partial charge in [0, 0.05) is 24.3 Å². The minimum atomic E-state index is -0.942. The van der Waals surface area contributed by atoms with E-state index in [2.05, 4.69) is 10.3 Å². The summed E-state index contributed by atoms with van der Waals surface area (Å²) in [7, 11) is 0. The van der Waals surface area contributed by atoms with Crippen LogP contribution in [0.1, 0.15) is 17.5 Å². The molecule has 2 aliphatic rings. The van der Waals surface area contributed by atoms with Gasteiger partial charge >= 0.3 is 0 Å². The van der Waals surface area contributed by atoms with Gasteiger partial charge in [0.2, 0.25) is 5.75 Å². The van der Waals surface area contributed by atoms with Gasteiger partial charge < -0.3 is 20.5 Å². The Morgan fingerprint density at radius 2 is 1.87 bits per heavy atom. The number of hydrogen-bond acceptors (Lipinski definition) is 7. The molecule has 0 saturated heterocycles. The van der Waals surface area contributed by atoms with Crippen molar-refractivity contribution in [2.24, 2.45) is 5.73 Å². The number of hydrogen-bond donors (Lipinski definition) is 2. The first kappa shape index (κ1) is 24.8. The standard InChI is InChI=1S/C28H21F2N3O5/c29-17-7-5-16(6-8-17)18-2-1-3-19(25(18)35)21(34)13-15-4-9-22(20(30)12-15)37-23-10-11-32-28-26(23)38-24(14-33-28)27(31)36/h2-12,24H,1,13-14H2,(H2,31,36)(H,32,33). The lowest BCUT2D eigenvalue weighted by Crippen LogP contribution is -2.42. The summed E-state index contributed by atoms with van der Waals surface area (Å²) in [6, 6.07) is 10.9. The van der Waals surface area contributed by atoms with Crippen molar-refractivity contribution in [2.45, 2.75) is 18.9 Å². The number of Topliss-reactive ketones (excluding diaryl/α,β-unsaturated/α-hetero) is 2. The first-order chi connectivity index (χ1) is 18.3. The maximum Gasteiger partial charge on any atom is 0.260 e. The molecule has 8 nitrogen and oxygen atoms in total. The number of pyridine rings is 1. The van der Waals surface area contributed by atoms with E-state index in [0.29, 0.717) is 28.9 Å². The van der Waals surface area contributed by atoms with Crippen molar-refractivity contribution in [3.05, 3.63) is 95.2 Å². The number of fused-ring (bicyclic) bond motifs is 1. The number of carbonyl (C=O) groups is 3. The van der Waals surface area contributed by atoms with Crippen molar-refractivity contribution in [2.75, 3.05) is 11.9 Å². The number of rotatable bonds is 7. The number of benzene rings is 2. The first-order valence-electron chi connectivity index (χ1n) is 11.7. The summed E-state index contributed by atoms with van der Waals surface area (Å²) in [6.45, 7) is 0.135. The fourth-order valence-electron chi connectivity index (χ4n) is 4.16. The topological polar surface area (TPSA) is 121 Å². The van der Waals surface area contributed by atoms with E-state index in [9.17, 15) is 23.2 Å². The average Bonchev–Trinajstić information content (AvgIpc) is 2.90. The Balaban J connectivity index is 1.29. The van der Waals surface area contributed by atoms with Crippen LogP contribution in [0.25, 0.3) is 5.57 Å². The highest BCUT2D eigenvalue weighted by Crippen LogP contribution is 2.39. The monoisotopic (exact) mass is 517 g/mol. The predicted octanol–water partition coefficient (Wildman–Crippen LogP) is 3.90. The van der Waals surface area contributed by atoms with Crippen molar-refractivity contribution >= 4 is 28.9 Å². The largest absolute Gasteiger partial charge is 0.471 e. The zero-order valence-corrected chi connectivity index (χ0v) is 19.9. The number of amides is 1. The second-order valence-corrected chi connectivity index (χ2v) is 8.65. The number of aromatic nitrogens is 1. The van der Waals surface area contributed by atoms with E-state index in [4.69, 9.17) is 15.2 Å². The Morgan fingerprint density at radius 1 is 1.08 bits per heavy atom. The van der Waals surface area contributed by atoms with Gasteiger partial charge in [0.15, 0.2) is 40.8 Å². The number of nitrogens with two attached hydrogens (primary N) is 1. The molecule has 3 N–H and O–H groups in total. The third kappa shape index (κ3) is 5.01. The zero-order valence-electron chi connectivity index (χ0n) is 19.9. The van der Waals surface area contributed by atoms with Gasteiger partial charge in [0.1, 0.15) is 5.82 Å². The van der Waals surface area contributed by atoms with Crippen molar-refractivity contribution in [3.63, 3.8) is 0 Å². The normalized spacial score (nSPS) is 16.4. The highest BCUT2D eigenvalue weighted by molar-refractivity contribution is 6.39. The molecule has 1 amide bonds. The van der Waals surface area contributed by atoms with Crippen molar-refractivity contribution in [1.29, 1.82) is 0 Å². The quantitative estimate of drug-likeness (QED) is 0.456. The number of halogens is 2. The van der Waals surface area contributed by atoms with Crippen LogP contribution in [-0.4, -0.2) is 35.1 Å². The smallest absolute Gasteiger partial charge is 0.260 e. The van der Waals surface area contributed by atoms with E-state index in [1.807, 2.05) is 0 Å². The summed E-state index contributed by atoms with van der Waals surface area (Å²) in [5, 5.41) is 2.91. The molecule has 3 aromatic rings. The van der Waals surface area contributed by atoms with Crippen LogP contribution in [0.5, 0.6) is 17.2 Å². The van der Waals surface area contributed by atoms with Crippen LogP contribution < -0.4 is 20.5 Å². The summed E-state index contributed by atoms with van der Waals surface area (Å²) >= 11 is 0. The Bertz CT molecular complexity index is 1520. The van der Waals surface area contributed by atoms with Crippen LogP contribution in [0.2, 0.25) is 0 Å². The Kier molecular flexibility index (Phi) is 6.69. The molecule has 192 valence electrons.